The van der Waals surface area contributed by atoms with Crippen LogP contribution in [-0.4, -0.2) is 18.1 Å². The average molecular weight is 264 g/mol. The van der Waals surface area contributed by atoms with Crippen molar-refractivity contribution in [2.45, 2.75) is 19.8 Å². The standard InChI is InChI=1S/C8H10BrNO2S/c1-4(7(11)12-3)6-5(2)13-8(9)10-6/h4H,1-3H3. The Kier molecular flexibility index (Phi) is 3.44. The zero-order chi connectivity index (χ0) is 10.0. The summed E-state index contributed by atoms with van der Waals surface area (Å²) < 4.78 is 5.44. The van der Waals surface area contributed by atoms with Crippen LogP contribution in [0.25, 0.3) is 0 Å². The fourth-order valence-corrected chi connectivity index (χ4v) is 2.71. The Morgan fingerprint density at radius 2 is 2.31 bits per heavy atom. The van der Waals surface area contributed by atoms with Gasteiger partial charge in [0.05, 0.1) is 18.7 Å². The van der Waals surface area contributed by atoms with Crippen molar-refractivity contribution in [2.24, 2.45) is 0 Å². The molecule has 0 aliphatic heterocycles. The van der Waals surface area contributed by atoms with E-state index in [0.29, 0.717) is 0 Å². The van der Waals surface area contributed by atoms with Gasteiger partial charge in [0, 0.05) is 4.88 Å². The van der Waals surface area contributed by atoms with Crippen LogP contribution in [-0.2, 0) is 9.53 Å². The molecule has 3 nitrogen and oxygen atoms in total. The van der Waals surface area contributed by atoms with Crippen LogP contribution < -0.4 is 0 Å². The molecule has 0 spiro atoms. The number of halogens is 1. The molecule has 5 heteroatoms. The first-order chi connectivity index (χ1) is 6.06. The number of thiazole rings is 1. The van der Waals surface area contributed by atoms with Gasteiger partial charge in [-0.15, -0.1) is 11.3 Å². The molecular weight excluding hydrogens is 254 g/mol. The van der Waals surface area contributed by atoms with Crippen molar-refractivity contribution in [1.29, 1.82) is 0 Å². The molecule has 0 aliphatic carbocycles. The largest absolute Gasteiger partial charge is 0.469 e. The molecule has 0 aliphatic rings. The number of nitrogens with zero attached hydrogens (tertiary/aromatic N) is 1. The fourth-order valence-electron chi connectivity index (χ4n) is 1.06. The maximum absolute atomic E-state index is 11.2. The van der Waals surface area contributed by atoms with Crippen LogP contribution in [0.4, 0.5) is 0 Å². The predicted molar refractivity (Wildman–Crippen MR) is 55.0 cm³/mol. The van der Waals surface area contributed by atoms with E-state index in [1.807, 2.05) is 6.92 Å². The van der Waals surface area contributed by atoms with Gasteiger partial charge < -0.3 is 4.74 Å². The zero-order valence-corrected chi connectivity index (χ0v) is 10.0. The lowest BCUT2D eigenvalue weighted by Crippen LogP contribution is -2.11. The van der Waals surface area contributed by atoms with Crippen LogP contribution in [0.2, 0.25) is 0 Å². The number of rotatable bonds is 2. The van der Waals surface area contributed by atoms with Crippen LogP contribution in [0.5, 0.6) is 0 Å². The van der Waals surface area contributed by atoms with Crippen LogP contribution in [0.1, 0.15) is 23.4 Å². The molecule has 0 fully saturated rings. The molecule has 1 rings (SSSR count). The minimum Gasteiger partial charge on any atom is -0.469 e. The summed E-state index contributed by atoms with van der Waals surface area (Å²) in [5, 5.41) is 0. The number of aromatic nitrogens is 1. The Hall–Kier alpha value is -0.420. The second kappa shape index (κ2) is 4.19. The molecular formula is C8H10BrNO2S. The van der Waals surface area contributed by atoms with E-state index in [1.165, 1.54) is 18.4 Å². The van der Waals surface area contributed by atoms with Gasteiger partial charge in [0.1, 0.15) is 0 Å². The number of ether oxygens (including phenoxy) is 1. The summed E-state index contributed by atoms with van der Waals surface area (Å²) in [5.41, 5.74) is 0.795. The van der Waals surface area contributed by atoms with E-state index in [0.717, 1.165) is 14.5 Å². The topological polar surface area (TPSA) is 39.2 Å². The first-order valence-electron chi connectivity index (χ1n) is 3.77. The van der Waals surface area contributed by atoms with Gasteiger partial charge in [0.2, 0.25) is 0 Å². The highest BCUT2D eigenvalue weighted by Gasteiger charge is 2.21. The van der Waals surface area contributed by atoms with Gasteiger partial charge in [-0.3, -0.25) is 4.79 Å². The lowest BCUT2D eigenvalue weighted by Gasteiger charge is -2.06. The predicted octanol–water partition coefficient (Wildman–Crippen LogP) is 2.49. The summed E-state index contributed by atoms with van der Waals surface area (Å²) >= 11 is 4.80. The Morgan fingerprint density at radius 3 is 2.69 bits per heavy atom. The molecule has 1 unspecified atom stereocenters. The highest BCUT2D eigenvalue weighted by atomic mass is 79.9. The van der Waals surface area contributed by atoms with E-state index < -0.39 is 0 Å². The third kappa shape index (κ3) is 2.28. The lowest BCUT2D eigenvalue weighted by atomic mass is 10.1. The van der Waals surface area contributed by atoms with Crippen molar-refractivity contribution in [3.05, 3.63) is 14.5 Å². The van der Waals surface area contributed by atoms with Gasteiger partial charge in [0.25, 0.3) is 0 Å². The van der Waals surface area contributed by atoms with E-state index in [9.17, 15) is 4.79 Å². The quantitative estimate of drug-likeness (QED) is 0.770. The maximum Gasteiger partial charge on any atom is 0.314 e. The average Bonchev–Trinajstić information content (AvgIpc) is 2.42. The Morgan fingerprint density at radius 1 is 1.69 bits per heavy atom. The number of hydrogen-bond donors (Lipinski definition) is 0. The number of carbonyl (C=O) groups is 1. The van der Waals surface area contributed by atoms with Crippen molar-refractivity contribution in [3.8, 4) is 0 Å². The minimum atomic E-state index is -0.285. The van der Waals surface area contributed by atoms with Crippen LogP contribution in [0.3, 0.4) is 0 Å². The van der Waals surface area contributed by atoms with Crippen molar-refractivity contribution in [3.63, 3.8) is 0 Å². The van der Waals surface area contributed by atoms with E-state index >= 15 is 0 Å². The first kappa shape index (κ1) is 10.7. The number of esters is 1. The molecule has 72 valence electrons. The highest BCUT2D eigenvalue weighted by molar-refractivity contribution is 9.11. The molecule has 0 N–H and O–H groups in total. The number of aryl methyl sites for hydroxylation is 1. The maximum atomic E-state index is 11.2. The minimum absolute atomic E-state index is 0.249. The van der Waals surface area contributed by atoms with Gasteiger partial charge in [-0.05, 0) is 29.8 Å². The Balaban J connectivity index is 2.94. The van der Waals surface area contributed by atoms with Crippen molar-refractivity contribution < 1.29 is 9.53 Å². The summed E-state index contributed by atoms with van der Waals surface area (Å²) in [6.07, 6.45) is 0. The van der Waals surface area contributed by atoms with Gasteiger partial charge in [0.15, 0.2) is 3.92 Å². The van der Waals surface area contributed by atoms with Gasteiger partial charge >= 0.3 is 5.97 Å². The molecule has 1 aromatic rings. The van der Waals surface area contributed by atoms with Gasteiger partial charge in [-0.25, -0.2) is 4.98 Å². The zero-order valence-electron chi connectivity index (χ0n) is 7.63. The summed E-state index contributed by atoms with van der Waals surface area (Å²) in [6.45, 7) is 3.73. The molecule has 1 aromatic heterocycles. The van der Waals surface area contributed by atoms with E-state index in [1.54, 1.807) is 6.92 Å². The summed E-state index contributed by atoms with van der Waals surface area (Å²) in [7, 11) is 1.38. The monoisotopic (exact) mass is 263 g/mol. The van der Waals surface area contributed by atoms with E-state index in [-0.39, 0.29) is 11.9 Å². The molecule has 1 atom stereocenters. The second-order valence-corrected chi connectivity index (χ2v) is 5.13. The fraction of sp³-hybridized carbons (Fsp3) is 0.500. The normalized spacial score (nSPS) is 12.6. The molecule has 0 radical (unpaired) electrons. The molecule has 0 saturated heterocycles. The summed E-state index contributed by atoms with van der Waals surface area (Å²) in [5.74, 6) is -0.534. The third-order valence-electron chi connectivity index (χ3n) is 1.77. The molecule has 0 amide bonds. The first-order valence-corrected chi connectivity index (χ1v) is 5.38. The SMILES string of the molecule is COC(=O)C(C)c1nc(Br)sc1C. The number of methoxy groups -OCH3 is 1. The third-order valence-corrected chi connectivity index (χ3v) is 3.21. The second-order valence-electron chi connectivity index (χ2n) is 2.65. The molecule has 1 heterocycles. The van der Waals surface area contributed by atoms with Crippen molar-refractivity contribution in [2.75, 3.05) is 7.11 Å². The van der Waals surface area contributed by atoms with Crippen molar-refractivity contribution >= 4 is 33.2 Å². The molecule has 0 saturated carbocycles. The van der Waals surface area contributed by atoms with E-state index in [4.69, 9.17) is 0 Å². The molecule has 0 aromatic carbocycles. The Bertz CT molecular complexity index is 324. The highest BCUT2D eigenvalue weighted by Crippen LogP contribution is 2.28. The van der Waals surface area contributed by atoms with Gasteiger partial charge in [-0.1, -0.05) is 0 Å². The Labute approximate surface area is 89.3 Å². The molecule has 0 bridgehead atoms. The number of carbonyl (C=O) groups excluding carboxylic acids is 1. The van der Waals surface area contributed by atoms with Crippen LogP contribution in [0, 0.1) is 6.92 Å². The van der Waals surface area contributed by atoms with Crippen molar-refractivity contribution in [1.82, 2.24) is 4.98 Å². The van der Waals surface area contributed by atoms with Crippen LogP contribution in [0.15, 0.2) is 3.92 Å². The van der Waals surface area contributed by atoms with E-state index in [2.05, 4.69) is 25.7 Å². The van der Waals surface area contributed by atoms with Crippen LogP contribution >= 0.6 is 27.3 Å². The van der Waals surface area contributed by atoms with Gasteiger partial charge in [-0.2, -0.15) is 0 Å². The number of hydrogen-bond acceptors (Lipinski definition) is 4. The smallest absolute Gasteiger partial charge is 0.314 e. The molecule has 13 heavy (non-hydrogen) atoms. The summed E-state index contributed by atoms with van der Waals surface area (Å²) in [4.78, 5) is 16.5. The lowest BCUT2D eigenvalue weighted by molar-refractivity contribution is -0.142. The summed E-state index contributed by atoms with van der Waals surface area (Å²) in [6, 6.07) is 0.